The molecule has 0 aliphatic carbocycles. The highest BCUT2D eigenvalue weighted by Crippen LogP contribution is 2.24. The van der Waals surface area contributed by atoms with Crippen molar-refractivity contribution in [1.29, 1.82) is 0 Å². The molecule has 112 valence electrons. The van der Waals surface area contributed by atoms with Crippen LogP contribution in [-0.4, -0.2) is 36.9 Å². The quantitative estimate of drug-likeness (QED) is 0.874. The molecule has 0 unspecified atom stereocenters. The van der Waals surface area contributed by atoms with Crippen LogP contribution in [0.5, 0.6) is 0 Å². The molecule has 0 atom stereocenters. The van der Waals surface area contributed by atoms with Crippen LogP contribution in [-0.2, 0) is 10.0 Å². The summed E-state index contributed by atoms with van der Waals surface area (Å²) in [5.41, 5.74) is -0.441. The van der Waals surface area contributed by atoms with E-state index < -0.39 is 21.8 Å². The SMILES string of the molecule is CCCN(CC)S(=O)(=O)c1cc(C(=O)O)cc(F)c1C. The molecule has 0 saturated heterocycles. The zero-order valence-electron chi connectivity index (χ0n) is 11.7. The van der Waals surface area contributed by atoms with Crippen molar-refractivity contribution in [3.05, 3.63) is 29.1 Å². The normalized spacial score (nSPS) is 11.8. The summed E-state index contributed by atoms with van der Waals surface area (Å²) >= 11 is 0. The fraction of sp³-hybridized carbons (Fsp3) is 0.462. The number of hydrogen-bond acceptors (Lipinski definition) is 3. The van der Waals surface area contributed by atoms with Gasteiger partial charge in [-0.25, -0.2) is 17.6 Å². The van der Waals surface area contributed by atoms with Gasteiger partial charge in [0.25, 0.3) is 0 Å². The minimum atomic E-state index is -3.89. The highest BCUT2D eigenvalue weighted by Gasteiger charge is 2.27. The molecule has 1 rings (SSSR count). The van der Waals surface area contributed by atoms with Crippen molar-refractivity contribution in [2.45, 2.75) is 32.1 Å². The summed E-state index contributed by atoms with van der Waals surface area (Å²) in [4.78, 5) is 10.6. The molecular weight excluding hydrogens is 285 g/mol. The molecular formula is C13H18FNO4S. The number of carboxylic acid groups (broad SMARTS) is 1. The van der Waals surface area contributed by atoms with Crippen LogP contribution in [0.2, 0.25) is 0 Å². The summed E-state index contributed by atoms with van der Waals surface area (Å²) in [5.74, 6) is -2.20. The molecule has 0 amide bonds. The van der Waals surface area contributed by atoms with Gasteiger partial charge in [0.2, 0.25) is 10.0 Å². The maximum absolute atomic E-state index is 13.7. The number of nitrogens with zero attached hydrogens (tertiary/aromatic N) is 1. The van der Waals surface area contributed by atoms with Crippen LogP contribution >= 0.6 is 0 Å². The van der Waals surface area contributed by atoms with Gasteiger partial charge in [0, 0.05) is 18.7 Å². The van der Waals surface area contributed by atoms with E-state index >= 15 is 0 Å². The van der Waals surface area contributed by atoms with Crippen LogP contribution in [0.4, 0.5) is 4.39 Å². The first-order valence-electron chi connectivity index (χ1n) is 6.29. The molecule has 0 aliphatic heterocycles. The predicted molar refractivity (Wildman–Crippen MR) is 72.8 cm³/mol. The second-order valence-corrected chi connectivity index (χ2v) is 6.29. The minimum absolute atomic E-state index is 0.0652. The third-order valence-electron chi connectivity index (χ3n) is 2.99. The summed E-state index contributed by atoms with van der Waals surface area (Å²) in [7, 11) is -3.89. The van der Waals surface area contributed by atoms with E-state index in [0.29, 0.717) is 13.0 Å². The van der Waals surface area contributed by atoms with E-state index in [1.54, 1.807) is 6.92 Å². The molecule has 0 spiro atoms. The molecule has 0 radical (unpaired) electrons. The molecule has 5 nitrogen and oxygen atoms in total. The van der Waals surface area contributed by atoms with Crippen LogP contribution in [0.3, 0.4) is 0 Å². The maximum Gasteiger partial charge on any atom is 0.335 e. The lowest BCUT2D eigenvalue weighted by molar-refractivity contribution is 0.0696. The number of carboxylic acids is 1. The van der Waals surface area contributed by atoms with Gasteiger partial charge in [0.1, 0.15) is 5.82 Å². The van der Waals surface area contributed by atoms with Gasteiger partial charge in [-0.2, -0.15) is 4.31 Å². The van der Waals surface area contributed by atoms with Gasteiger partial charge in [0.05, 0.1) is 10.5 Å². The maximum atomic E-state index is 13.7. The van der Waals surface area contributed by atoms with Gasteiger partial charge >= 0.3 is 5.97 Å². The zero-order chi connectivity index (χ0) is 15.5. The van der Waals surface area contributed by atoms with Crippen LogP contribution < -0.4 is 0 Å². The van der Waals surface area contributed by atoms with Crippen LogP contribution in [0.25, 0.3) is 0 Å². The molecule has 0 bridgehead atoms. The summed E-state index contributed by atoms with van der Waals surface area (Å²) in [6.45, 7) is 5.39. The number of hydrogen-bond donors (Lipinski definition) is 1. The van der Waals surface area contributed by atoms with Crippen molar-refractivity contribution in [2.75, 3.05) is 13.1 Å². The molecule has 0 heterocycles. The first kappa shape index (κ1) is 16.6. The van der Waals surface area contributed by atoms with E-state index in [-0.39, 0.29) is 22.6 Å². The van der Waals surface area contributed by atoms with Crippen molar-refractivity contribution in [3.8, 4) is 0 Å². The van der Waals surface area contributed by atoms with Gasteiger partial charge in [-0.3, -0.25) is 0 Å². The third-order valence-corrected chi connectivity index (χ3v) is 5.09. The van der Waals surface area contributed by atoms with Crippen molar-refractivity contribution in [2.24, 2.45) is 0 Å². The van der Waals surface area contributed by atoms with E-state index in [2.05, 4.69) is 0 Å². The Morgan fingerprint density at radius 3 is 2.40 bits per heavy atom. The first-order chi connectivity index (χ1) is 9.25. The van der Waals surface area contributed by atoms with Crippen LogP contribution in [0.1, 0.15) is 36.2 Å². The Morgan fingerprint density at radius 1 is 1.35 bits per heavy atom. The largest absolute Gasteiger partial charge is 0.478 e. The molecule has 20 heavy (non-hydrogen) atoms. The number of sulfonamides is 1. The van der Waals surface area contributed by atoms with Crippen LogP contribution in [0, 0.1) is 12.7 Å². The lowest BCUT2D eigenvalue weighted by Gasteiger charge is -2.21. The number of benzene rings is 1. The summed E-state index contributed by atoms with van der Waals surface area (Å²) in [6.07, 6.45) is 0.618. The van der Waals surface area contributed by atoms with E-state index in [9.17, 15) is 17.6 Å². The molecule has 1 N–H and O–H groups in total. The van der Waals surface area contributed by atoms with Gasteiger partial charge in [-0.05, 0) is 25.5 Å². The number of carbonyl (C=O) groups is 1. The predicted octanol–water partition coefficient (Wildman–Crippen LogP) is 2.25. The minimum Gasteiger partial charge on any atom is -0.478 e. The van der Waals surface area contributed by atoms with E-state index in [1.807, 2.05) is 6.92 Å². The zero-order valence-corrected chi connectivity index (χ0v) is 12.5. The molecule has 0 aliphatic rings. The Hall–Kier alpha value is -1.47. The van der Waals surface area contributed by atoms with Crippen molar-refractivity contribution >= 4 is 16.0 Å². The summed E-state index contributed by atoms with van der Waals surface area (Å²) in [6, 6.07) is 1.83. The first-order valence-corrected chi connectivity index (χ1v) is 7.73. The van der Waals surface area contributed by atoms with E-state index in [4.69, 9.17) is 5.11 Å². The number of halogens is 1. The third kappa shape index (κ3) is 3.16. The van der Waals surface area contributed by atoms with Crippen LogP contribution in [0.15, 0.2) is 17.0 Å². The standard InChI is InChI=1S/C13H18FNO4S/c1-4-6-15(5-2)20(18,19)12-8-10(13(16)17)7-11(14)9(12)3/h7-8H,4-6H2,1-3H3,(H,16,17). The van der Waals surface area contributed by atoms with Gasteiger partial charge in [-0.1, -0.05) is 13.8 Å². The molecule has 0 fully saturated rings. The number of rotatable bonds is 6. The fourth-order valence-corrected chi connectivity index (χ4v) is 3.68. The second kappa shape index (κ2) is 6.32. The highest BCUT2D eigenvalue weighted by molar-refractivity contribution is 7.89. The molecule has 7 heteroatoms. The topological polar surface area (TPSA) is 74.7 Å². The lowest BCUT2D eigenvalue weighted by atomic mass is 10.1. The average molecular weight is 303 g/mol. The Morgan fingerprint density at radius 2 is 1.95 bits per heavy atom. The molecule has 0 aromatic heterocycles. The fourth-order valence-electron chi connectivity index (χ4n) is 1.88. The van der Waals surface area contributed by atoms with E-state index in [1.165, 1.54) is 11.2 Å². The monoisotopic (exact) mass is 303 g/mol. The summed E-state index contributed by atoms with van der Waals surface area (Å²) in [5, 5.41) is 8.91. The lowest BCUT2D eigenvalue weighted by Crippen LogP contribution is -2.32. The highest BCUT2D eigenvalue weighted by atomic mass is 32.2. The Bertz CT molecular complexity index is 613. The average Bonchev–Trinajstić information content (AvgIpc) is 2.38. The van der Waals surface area contributed by atoms with Gasteiger partial charge in [-0.15, -0.1) is 0 Å². The van der Waals surface area contributed by atoms with Gasteiger partial charge in [0.15, 0.2) is 0 Å². The number of aromatic carboxylic acids is 1. The summed E-state index contributed by atoms with van der Waals surface area (Å²) < 4.78 is 39.9. The van der Waals surface area contributed by atoms with Crippen molar-refractivity contribution in [3.63, 3.8) is 0 Å². The molecule has 1 aromatic carbocycles. The molecule has 0 saturated carbocycles. The Kier molecular flexibility index (Phi) is 5.24. The Labute approximate surface area is 118 Å². The van der Waals surface area contributed by atoms with Crippen molar-refractivity contribution < 1.29 is 22.7 Å². The van der Waals surface area contributed by atoms with Gasteiger partial charge < -0.3 is 5.11 Å². The van der Waals surface area contributed by atoms with E-state index in [0.717, 1.165) is 12.1 Å². The second-order valence-electron chi connectivity index (χ2n) is 4.38. The Balaban J connectivity index is 3.48. The smallest absolute Gasteiger partial charge is 0.335 e. The van der Waals surface area contributed by atoms with Crippen molar-refractivity contribution in [1.82, 2.24) is 4.31 Å². The molecule has 1 aromatic rings.